The number of Topliss-reactive ketones (excluding diaryl/α,β-unsaturated/α-hetero) is 1. The molecule has 3 aromatic rings. The van der Waals surface area contributed by atoms with Crippen molar-refractivity contribution in [3.8, 4) is 0 Å². The minimum atomic E-state index is -4.10. The first-order valence-electron chi connectivity index (χ1n) is 10.6. The largest absolute Gasteiger partial charge is 0.391 e. The highest BCUT2D eigenvalue weighted by molar-refractivity contribution is 6.03. The molecule has 7 heteroatoms. The maximum Gasteiger partial charge on any atom is 0.391 e. The third kappa shape index (κ3) is 4.60. The molecule has 2 aromatic heterocycles. The molecule has 1 saturated heterocycles. The van der Waals surface area contributed by atoms with Crippen LogP contribution in [0.25, 0.3) is 5.52 Å². The van der Waals surface area contributed by atoms with Crippen LogP contribution in [-0.2, 0) is 6.42 Å². The fraction of sp³-hybridized carbons (Fsp3) is 0.417. The van der Waals surface area contributed by atoms with E-state index in [1.165, 1.54) is 0 Å². The van der Waals surface area contributed by atoms with Crippen molar-refractivity contribution in [3.63, 3.8) is 0 Å². The lowest BCUT2D eigenvalue weighted by atomic mass is 9.95. The van der Waals surface area contributed by atoms with Crippen LogP contribution in [0.4, 0.5) is 18.9 Å². The smallest absolute Gasteiger partial charge is 0.372 e. The number of carbonyl (C=O) groups excluding carboxylic acids is 1. The van der Waals surface area contributed by atoms with Crippen LogP contribution in [-0.4, -0.2) is 34.7 Å². The highest BCUT2D eigenvalue weighted by Crippen LogP contribution is 2.35. The van der Waals surface area contributed by atoms with Crippen LogP contribution < -0.4 is 4.90 Å². The normalized spacial score (nSPS) is 15.6. The number of hydrogen-bond donors (Lipinski definition) is 0. The lowest BCUT2D eigenvalue weighted by molar-refractivity contribution is -0.179. The quantitative estimate of drug-likeness (QED) is 0.500. The SMILES string of the molecule is Cc1ccn2nc(C)c(C(=O)CCc3ccc(N4CCC(C(F)(F)F)CC4)cc3)c2c1. The molecule has 164 valence electrons. The van der Waals surface area contributed by atoms with Crippen LogP contribution in [0.2, 0.25) is 0 Å². The standard InChI is InChI=1S/C24H26F3N3O/c1-16-9-14-30-21(15-16)23(17(2)28-30)22(31)8-5-18-3-6-20(7-4-18)29-12-10-19(11-13-29)24(25,26)27/h3-4,6-7,9,14-15,19H,5,8,10-13H2,1-2H3. The minimum Gasteiger partial charge on any atom is -0.372 e. The number of aryl methyl sites for hydroxylation is 3. The first kappa shape index (κ1) is 21.4. The number of rotatable bonds is 5. The van der Waals surface area contributed by atoms with Crippen LogP contribution >= 0.6 is 0 Å². The molecule has 1 fully saturated rings. The highest BCUT2D eigenvalue weighted by atomic mass is 19.4. The van der Waals surface area contributed by atoms with E-state index in [0.717, 1.165) is 28.0 Å². The van der Waals surface area contributed by atoms with Gasteiger partial charge in [0, 0.05) is 31.4 Å². The summed E-state index contributed by atoms with van der Waals surface area (Å²) in [5, 5.41) is 4.43. The van der Waals surface area contributed by atoms with Gasteiger partial charge in [-0.15, -0.1) is 0 Å². The zero-order valence-corrected chi connectivity index (χ0v) is 17.7. The zero-order valence-electron chi connectivity index (χ0n) is 17.7. The summed E-state index contributed by atoms with van der Waals surface area (Å²) in [5.41, 5.74) is 5.29. The van der Waals surface area contributed by atoms with Gasteiger partial charge in [-0.2, -0.15) is 18.3 Å². The molecule has 0 saturated carbocycles. The van der Waals surface area contributed by atoms with E-state index in [1.54, 1.807) is 4.52 Å². The predicted octanol–water partition coefficient (Wildman–Crippen LogP) is 5.55. The molecule has 3 heterocycles. The van der Waals surface area contributed by atoms with E-state index in [9.17, 15) is 18.0 Å². The van der Waals surface area contributed by atoms with Crippen LogP contribution in [0.5, 0.6) is 0 Å². The van der Waals surface area contributed by atoms with Gasteiger partial charge in [0.15, 0.2) is 5.78 Å². The lowest BCUT2D eigenvalue weighted by Crippen LogP contribution is -2.38. The van der Waals surface area contributed by atoms with Gasteiger partial charge in [-0.3, -0.25) is 4.79 Å². The number of aromatic nitrogens is 2. The molecule has 1 aliphatic rings. The van der Waals surface area contributed by atoms with Crippen LogP contribution in [0, 0.1) is 19.8 Å². The Bertz CT molecular complexity index is 1080. The van der Waals surface area contributed by atoms with Gasteiger partial charge in [0.05, 0.1) is 22.7 Å². The second kappa shape index (κ2) is 8.36. The Labute approximate surface area is 179 Å². The van der Waals surface area contributed by atoms with Crippen molar-refractivity contribution < 1.29 is 18.0 Å². The van der Waals surface area contributed by atoms with Gasteiger partial charge >= 0.3 is 6.18 Å². The Kier molecular flexibility index (Phi) is 5.77. The van der Waals surface area contributed by atoms with Crippen LogP contribution in [0.15, 0.2) is 42.6 Å². The predicted molar refractivity (Wildman–Crippen MR) is 115 cm³/mol. The molecule has 0 unspecified atom stereocenters. The molecule has 0 N–H and O–H groups in total. The molecule has 0 radical (unpaired) electrons. The second-order valence-electron chi connectivity index (χ2n) is 8.39. The van der Waals surface area contributed by atoms with E-state index in [4.69, 9.17) is 0 Å². The summed E-state index contributed by atoms with van der Waals surface area (Å²) in [5.74, 6) is -1.13. The van der Waals surface area contributed by atoms with Gasteiger partial charge in [-0.1, -0.05) is 12.1 Å². The summed E-state index contributed by atoms with van der Waals surface area (Å²) in [6.45, 7) is 4.67. The first-order chi connectivity index (χ1) is 14.7. The number of pyridine rings is 1. The molecule has 1 aromatic carbocycles. The number of fused-ring (bicyclic) bond motifs is 1. The molecule has 0 spiro atoms. The summed E-state index contributed by atoms with van der Waals surface area (Å²) < 4.78 is 40.3. The van der Waals surface area contributed by atoms with Gasteiger partial charge < -0.3 is 4.90 Å². The molecule has 4 nitrogen and oxygen atoms in total. The summed E-state index contributed by atoms with van der Waals surface area (Å²) >= 11 is 0. The molecule has 31 heavy (non-hydrogen) atoms. The van der Waals surface area contributed by atoms with Gasteiger partial charge in [-0.25, -0.2) is 4.52 Å². The lowest BCUT2D eigenvalue weighted by Gasteiger charge is -2.34. The Morgan fingerprint density at radius 2 is 1.77 bits per heavy atom. The molecular formula is C24H26F3N3O. The van der Waals surface area contributed by atoms with Gasteiger partial charge in [0.25, 0.3) is 0 Å². The molecule has 0 atom stereocenters. The van der Waals surface area contributed by atoms with Crippen LogP contribution in [0.1, 0.15) is 46.4 Å². The Hall–Kier alpha value is -2.83. The number of carbonyl (C=O) groups is 1. The van der Waals surface area contributed by atoms with Crippen molar-refractivity contribution >= 4 is 17.0 Å². The number of benzene rings is 1. The topological polar surface area (TPSA) is 37.6 Å². The van der Waals surface area contributed by atoms with Crippen molar-refractivity contribution in [2.45, 2.75) is 45.7 Å². The van der Waals surface area contributed by atoms with Crippen molar-refractivity contribution in [1.29, 1.82) is 0 Å². The molecule has 0 amide bonds. The summed E-state index contributed by atoms with van der Waals surface area (Å²) in [6, 6.07) is 11.7. The number of anilines is 1. The van der Waals surface area contributed by atoms with E-state index in [2.05, 4.69) is 5.10 Å². The van der Waals surface area contributed by atoms with Crippen molar-refractivity contribution in [2.24, 2.45) is 5.92 Å². The van der Waals surface area contributed by atoms with Gasteiger partial charge in [0.2, 0.25) is 0 Å². The summed E-state index contributed by atoms with van der Waals surface area (Å²) in [7, 11) is 0. The fourth-order valence-corrected chi connectivity index (χ4v) is 4.34. The monoisotopic (exact) mass is 429 g/mol. The number of halogens is 3. The summed E-state index contributed by atoms with van der Waals surface area (Å²) in [4.78, 5) is 14.9. The Balaban J connectivity index is 1.38. The number of nitrogens with zero attached hydrogens (tertiary/aromatic N) is 3. The van der Waals surface area contributed by atoms with Crippen molar-refractivity contribution in [1.82, 2.24) is 9.61 Å². The third-order valence-corrected chi connectivity index (χ3v) is 6.14. The molecular weight excluding hydrogens is 403 g/mol. The zero-order chi connectivity index (χ0) is 22.2. The van der Waals surface area contributed by atoms with Crippen LogP contribution in [0.3, 0.4) is 0 Å². The number of ketones is 1. The maximum atomic E-state index is 12.9. The molecule has 0 aliphatic carbocycles. The minimum absolute atomic E-state index is 0.0661. The molecule has 1 aliphatic heterocycles. The van der Waals surface area contributed by atoms with E-state index < -0.39 is 12.1 Å². The van der Waals surface area contributed by atoms with Crippen molar-refractivity contribution in [3.05, 3.63) is 65.0 Å². The van der Waals surface area contributed by atoms with E-state index >= 15 is 0 Å². The highest BCUT2D eigenvalue weighted by Gasteiger charge is 2.41. The van der Waals surface area contributed by atoms with E-state index in [1.807, 2.05) is 61.3 Å². The van der Waals surface area contributed by atoms with Gasteiger partial charge in [0.1, 0.15) is 0 Å². The molecule has 0 bridgehead atoms. The van der Waals surface area contributed by atoms with E-state index in [-0.39, 0.29) is 18.6 Å². The average Bonchev–Trinajstić information content (AvgIpc) is 3.07. The maximum absolute atomic E-state index is 12.9. The average molecular weight is 429 g/mol. The third-order valence-electron chi connectivity index (χ3n) is 6.14. The Morgan fingerprint density at radius 1 is 1.10 bits per heavy atom. The Morgan fingerprint density at radius 3 is 2.42 bits per heavy atom. The number of alkyl halides is 3. The van der Waals surface area contributed by atoms with Crippen molar-refractivity contribution in [2.75, 3.05) is 18.0 Å². The van der Waals surface area contributed by atoms with Gasteiger partial charge in [-0.05, 0) is 68.5 Å². The summed E-state index contributed by atoms with van der Waals surface area (Å²) in [6.07, 6.45) is -0.966. The second-order valence-corrected chi connectivity index (χ2v) is 8.39. The van der Waals surface area contributed by atoms with E-state index in [0.29, 0.717) is 31.5 Å². The number of piperidine rings is 1. The first-order valence-corrected chi connectivity index (χ1v) is 10.6. The number of hydrogen-bond acceptors (Lipinski definition) is 3. The fourth-order valence-electron chi connectivity index (χ4n) is 4.34. The molecule has 4 rings (SSSR count).